The van der Waals surface area contributed by atoms with E-state index in [-0.39, 0.29) is 10.6 Å². The fraction of sp³-hybridized carbons (Fsp3) is 0.636. The molecule has 88 valence electrons. The molecule has 0 saturated heterocycles. The molecule has 1 aliphatic carbocycles. The molecule has 0 unspecified atom stereocenters. The van der Waals surface area contributed by atoms with Crippen molar-refractivity contribution < 1.29 is 0 Å². The van der Waals surface area contributed by atoms with Crippen molar-refractivity contribution in [2.45, 2.75) is 44.4 Å². The third-order valence-corrected chi connectivity index (χ3v) is 3.75. The summed E-state index contributed by atoms with van der Waals surface area (Å²) in [7, 11) is 0. The summed E-state index contributed by atoms with van der Waals surface area (Å²) in [5, 5.41) is 0.278. The van der Waals surface area contributed by atoms with Crippen molar-refractivity contribution in [2.24, 2.45) is 0 Å². The van der Waals surface area contributed by atoms with Crippen molar-refractivity contribution in [1.82, 2.24) is 9.97 Å². The number of rotatable bonds is 1. The summed E-state index contributed by atoms with van der Waals surface area (Å²) >= 11 is 11.0. The van der Waals surface area contributed by atoms with Gasteiger partial charge in [-0.1, -0.05) is 37.3 Å². The lowest BCUT2D eigenvalue weighted by Crippen LogP contribution is -2.14. The lowest BCUT2D eigenvalue weighted by Gasteiger charge is -2.14. The van der Waals surface area contributed by atoms with Gasteiger partial charge < -0.3 is 4.98 Å². The maximum absolute atomic E-state index is 11.5. The number of aromatic nitrogens is 2. The zero-order chi connectivity index (χ0) is 11.5. The van der Waals surface area contributed by atoms with Crippen LogP contribution in [0, 0.1) is 4.77 Å². The minimum Gasteiger partial charge on any atom is -0.334 e. The average molecular weight is 259 g/mol. The third-order valence-electron chi connectivity index (χ3n) is 3.17. The lowest BCUT2D eigenvalue weighted by molar-refractivity contribution is 0.574. The molecule has 1 fully saturated rings. The van der Waals surface area contributed by atoms with Crippen molar-refractivity contribution in [3.63, 3.8) is 0 Å². The Hall–Kier alpha value is -0.610. The lowest BCUT2D eigenvalue weighted by atomic mass is 9.96. The van der Waals surface area contributed by atoms with Gasteiger partial charge in [-0.3, -0.25) is 9.78 Å². The highest BCUT2D eigenvalue weighted by Gasteiger charge is 2.19. The van der Waals surface area contributed by atoms with Gasteiger partial charge in [-0.25, -0.2) is 0 Å². The van der Waals surface area contributed by atoms with Crippen molar-refractivity contribution in [2.75, 3.05) is 0 Å². The molecule has 3 nitrogen and oxygen atoms in total. The first-order valence-corrected chi connectivity index (χ1v) is 6.49. The normalized spacial score (nSPS) is 18.3. The van der Waals surface area contributed by atoms with Crippen molar-refractivity contribution in [3.05, 3.63) is 25.8 Å². The minimum absolute atomic E-state index is 0.273. The van der Waals surface area contributed by atoms with Gasteiger partial charge in [-0.15, -0.1) is 0 Å². The van der Waals surface area contributed by atoms with Crippen LogP contribution in [0.3, 0.4) is 0 Å². The van der Waals surface area contributed by atoms with Gasteiger partial charge >= 0.3 is 0 Å². The highest BCUT2D eigenvalue weighted by Crippen LogP contribution is 2.32. The Balaban J connectivity index is 2.38. The quantitative estimate of drug-likeness (QED) is 0.598. The Bertz CT molecular complexity index is 472. The number of aromatic amines is 2. The van der Waals surface area contributed by atoms with Crippen molar-refractivity contribution in [3.8, 4) is 0 Å². The first-order valence-electron chi connectivity index (χ1n) is 5.70. The van der Waals surface area contributed by atoms with Gasteiger partial charge in [0.25, 0.3) is 5.56 Å². The van der Waals surface area contributed by atoms with Crippen LogP contribution in [0.5, 0.6) is 0 Å². The van der Waals surface area contributed by atoms with E-state index in [0.29, 0.717) is 10.7 Å². The van der Waals surface area contributed by atoms with E-state index in [9.17, 15) is 4.79 Å². The fourth-order valence-electron chi connectivity index (χ4n) is 2.34. The van der Waals surface area contributed by atoms with Crippen LogP contribution in [0.1, 0.15) is 50.1 Å². The van der Waals surface area contributed by atoms with E-state index < -0.39 is 0 Å². The molecule has 1 aliphatic rings. The van der Waals surface area contributed by atoms with Crippen LogP contribution in [-0.2, 0) is 0 Å². The van der Waals surface area contributed by atoms with Gasteiger partial charge in [0, 0.05) is 11.6 Å². The van der Waals surface area contributed by atoms with Crippen LogP contribution in [-0.4, -0.2) is 9.97 Å². The first kappa shape index (κ1) is 11.9. The Kier molecular flexibility index (Phi) is 3.82. The van der Waals surface area contributed by atoms with E-state index in [1.807, 2.05) is 0 Å². The fourth-order valence-corrected chi connectivity index (χ4v) is 2.79. The third kappa shape index (κ3) is 2.55. The molecule has 5 heteroatoms. The second kappa shape index (κ2) is 5.15. The zero-order valence-corrected chi connectivity index (χ0v) is 10.6. The van der Waals surface area contributed by atoms with Crippen LogP contribution in [0.25, 0.3) is 0 Å². The SMILES string of the molecule is O=c1[nH]c(=S)[nH]c(C2CCCCCC2)c1Cl. The molecule has 1 aromatic heterocycles. The molecule has 2 rings (SSSR count). The van der Waals surface area contributed by atoms with Crippen molar-refractivity contribution >= 4 is 23.8 Å². The monoisotopic (exact) mass is 258 g/mol. The van der Waals surface area contributed by atoms with E-state index in [0.717, 1.165) is 18.5 Å². The zero-order valence-electron chi connectivity index (χ0n) is 9.01. The second-order valence-corrected chi connectivity index (χ2v) is 5.11. The standard InChI is InChI=1S/C11H15ClN2OS/c12-8-9(13-11(16)14-10(8)15)7-5-3-1-2-4-6-7/h7H,1-6H2,(H2,13,14,15,16). The van der Waals surface area contributed by atoms with Crippen LogP contribution in [0.2, 0.25) is 5.02 Å². The molecule has 1 saturated carbocycles. The van der Waals surface area contributed by atoms with E-state index in [1.165, 1.54) is 25.7 Å². The van der Waals surface area contributed by atoms with Crippen LogP contribution in [0.15, 0.2) is 4.79 Å². The van der Waals surface area contributed by atoms with Crippen LogP contribution in [0.4, 0.5) is 0 Å². The molecule has 0 amide bonds. The Morgan fingerprint density at radius 1 is 1.12 bits per heavy atom. The van der Waals surface area contributed by atoms with E-state index in [2.05, 4.69) is 9.97 Å². The van der Waals surface area contributed by atoms with E-state index in [1.54, 1.807) is 0 Å². The Morgan fingerprint density at radius 2 is 1.75 bits per heavy atom. The maximum atomic E-state index is 11.5. The minimum atomic E-state index is -0.273. The predicted molar refractivity (Wildman–Crippen MR) is 67.7 cm³/mol. The number of hydrogen-bond acceptors (Lipinski definition) is 2. The molecule has 0 spiro atoms. The van der Waals surface area contributed by atoms with E-state index >= 15 is 0 Å². The molecular weight excluding hydrogens is 244 g/mol. The van der Waals surface area contributed by atoms with Gasteiger partial charge in [-0.05, 0) is 25.1 Å². The summed E-state index contributed by atoms with van der Waals surface area (Å²) < 4.78 is 0.369. The summed E-state index contributed by atoms with van der Waals surface area (Å²) in [6, 6.07) is 0. The number of H-pyrrole nitrogens is 2. The Morgan fingerprint density at radius 3 is 2.38 bits per heavy atom. The maximum Gasteiger partial charge on any atom is 0.270 e. The molecular formula is C11H15ClN2OS. The Labute approximate surface area is 104 Å². The largest absolute Gasteiger partial charge is 0.334 e. The number of hydrogen-bond donors (Lipinski definition) is 2. The number of halogens is 1. The summed E-state index contributed by atoms with van der Waals surface area (Å²) in [5.41, 5.74) is 0.557. The molecule has 0 atom stereocenters. The summed E-state index contributed by atoms with van der Waals surface area (Å²) in [4.78, 5) is 17.1. The summed E-state index contributed by atoms with van der Waals surface area (Å²) in [5.74, 6) is 0.360. The molecule has 2 N–H and O–H groups in total. The van der Waals surface area contributed by atoms with Gasteiger partial charge in [0.05, 0.1) is 0 Å². The van der Waals surface area contributed by atoms with Crippen LogP contribution >= 0.6 is 23.8 Å². The molecule has 1 aromatic rings. The van der Waals surface area contributed by atoms with Gasteiger partial charge in [0.1, 0.15) is 5.02 Å². The van der Waals surface area contributed by atoms with Gasteiger partial charge in [0.15, 0.2) is 4.77 Å². The van der Waals surface area contributed by atoms with Crippen LogP contribution < -0.4 is 5.56 Å². The predicted octanol–water partition coefficient (Wildman–Crippen LogP) is 3.52. The summed E-state index contributed by atoms with van der Waals surface area (Å²) in [6.07, 6.45) is 7.14. The number of nitrogens with one attached hydrogen (secondary N) is 2. The van der Waals surface area contributed by atoms with Gasteiger partial charge in [-0.2, -0.15) is 0 Å². The molecule has 0 aliphatic heterocycles. The average Bonchev–Trinajstić information content (AvgIpc) is 2.51. The van der Waals surface area contributed by atoms with E-state index in [4.69, 9.17) is 23.8 Å². The highest BCUT2D eigenvalue weighted by atomic mass is 35.5. The van der Waals surface area contributed by atoms with Crippen molar-refractivity contribution in [1.29, 1.82) is 0 Å². The molecule has 0 radical (unpaired) electrons. The highest BCUT2D eigenvalue weighted by molar-refractivity contribution is 7.71. The molecule has 16 heavy (non-hydrogen) atoms. The topological polar surface area (TPSA) is 48.6 Å². The first-order chi connectivity index (χ1) is 7.68. The summed E-state index contributed by atoms with van der Waals surface area (Å²) in [6.45, 7) is 0. The molecule has 1 heterocycles. The van der Waals surface area contributed by atoms with Gasteiger partial charge in [0.2, 0.25) is 0 Å². The molecule has 0 aromatic carbocycles. The smallest absolute Gasteiger partial charge is 0.270 e. The molecule has 0 bridgehead atoms. The second-order valence-electron chi connectivity index (χ2n) is 4.32.